The monoisotopic (exact) mass is 672 g/mol. The van der Waals surface area contributed by atoms with Gasteiger partial charge in [-0.2, -0.15) is 0 Å². The van der Waals surface area contributed by atoms with Crippen molar-refractivity contribution in [3.05, 3.63) is 86.9 Å². The van der Waals surface area contributed by atoms with Gasteiger partial charge in [0.15, 0.2) is 18.1 Å². The number of aryl methyl sites for hydroxylation is 1. The first-order valence-electron chi connectivity index (χ1n) is 12.5. The van der Waals surface area contributed by atoms with Crippen molar-refractivity contribution in [3.8, 4) is 11.5 Å². The van der Waals surface area contributed by atoms with Crippen molar-refractivity contribution < 1.29 is 33.0 Å². The van der Waals surface area contributed by atoms with Crippen LogP contribution in [-0.4, -0.2) is 48.4 Å². The number of halogens is 2. The smallest absolute Gasteiger partial charge is 0.329 e. The predicted molar refractivity (Wildman–Crippen MR) is 159 cm³/mol. The number of carbonyl (C=O) groups excluding carboxylic acids is 4. The summed E-state index contributed by atoms with van der Waals surface area (Å²) in [4.78, 5) is 51.0. The van der Waals surface area contributed by atoms with E-state index in [9.17, 15) is 23.6 Å². The summed E-state index contributed by atoms with van der Waals surface area (Å²) in [6, 6.07) is 15.0. The third kappa shape index (κ3) is 7.81. The molecule has 3 aromatic carbocycles. The summed E-state index contributed by atoms with van der Waals surface area (Å²) in [6.45, 7) is 3.21. The zero-order chi connectivity index (χ0) is 29.5. The molecule has 0 bridgehead atoms. The molecule has 0 unspecified atom stereocenters. The molecule has 12 heteroatoms. The fraction of sp³-hybridized carbons (Fsp3) is 0.172. The van der Waals surface area contributed by atoms with Crippen LogP contribution in [0.5, 0.6) is 11.5 Å². The van der Waals surface area contributed by atoms with E-state index in [1.165, 1.54) is 30.3 Å². The van der Waals surface area contributed by atoms with Crippen LogP contribution in [0.25, 0.3) is 6.08 Å². The maximum Gasteiger partial charge on any atom is 0.329 e. The summed E-state index contributed by atoms with van der Waals surface area (Å²) in [5, 5.41) is 7.78. The molecule has 1 aliphatic heterocycles. The maximum absolute atomic E-state index is 13.1. The first-order chi connectivity index (χ1) is 19.6. The Morgan fingerprint density at radius 2 is 1.61 bits per heavy atom. The van der Waals surface area contributed by atoms with Gasteiger partial charge in [-0.25, -0.2) is 14.1 Å². The number of carbonyl (C=O) groups is 4. The van der Waals surface area contributed by atoms with E-state index in [0.29, 0.717) is 38.6 Å². The summed E-state index contributed by atoms with van der Waals surface area (Å²) in [7, 11) is 0. The van der Waals surface area contributed by atoms with Crippen molar-refractivity contribution in [2.24, 2.45) is 0 Å². The van der Waals surface area contributed by atoms with E-state index in [4.69, 9.17) is 9.47 Å². The fourth-order valence-electron chi connectivity index (χ4n) is 3.81. The lowest BCUT2D eigenvalue weighted by molar-refractivity contribution is -0.127. The number of urea groups is 1. The molecule has 212 valence electrons. The highest BCUT2D eigenvalue weighted by Gasteiger charge is 2.35. The molecule has 10 nitrogen and oxygen atoms in total. The second kappa shape index (κ2) is 13.3. The molecule has 1 heterocycles. The van der Waals surface area contributed by atoms with E-state index < -0.39 is 36.1 Å². The van der Waals surface area contributed by atoms with Crippen LogP contribution in [0.1, 0.15) is 18.1 Å². The molecule has 1 saturated heterocycles. The van der Waals surface area contributed by atoms with E-state index in [0.717, 1.165) is 10.5 Å². The van der Waals surface area contributed by atoms with Crippen LogP contribution in [-0.2, 0) is 14.4 Å². The molecular weight excluding hydrogens is 646 g/mol. The van der Waals surface area contributed by atoms with Crippen LogP contribution in [0.2, 0.25) is 0 Å². The number of benzene rings is 3. The number of imide groups is 1. The molecule has 3 aromatic rings. The van der Waals surface area contributed by atoms with Gasteiger partial charge >= 0.3 is 6.03 Å². The van der Waals surface area contributed by atoms with Gasteiger partial charge in [0, 0.05) is 11.4 Å². The van der Waals surface area contributed by atoms with E-state index in [1.807, 2.05) is 41.6 Å². The topological polar surface area (TPSA) is 126 Å². The highest BCUT2D eigenvalue weighted by molar-refractivity contribution is 14.1. The highest BCUT2D eigenvalue weighted by Crippen LogP contribution is 2.35. The molecule has 1 aliphatic rings. The van der Waals surface area contributed by atoms with Crippen LogP contribution in [0.3, 0.4) is 0 Å². The molecule has 4 rings (SSSR count). The fourth-order valence-corrected chi connectivity index (χ4v) is 4.59. The highest BCUT2D eigenvalue weighted by atomic mass is 127. The zero-order valence-corrected chi connectivity index (χ0v) is 24.3. The van der Waals surface area contributed by atoms with Gasteiger partial charge in [-0.1, -0.05) is 17.7 Å². The average Bonchev–Trinajstić information content (AvgIpc) is 3.18. The van der Waals surface area contributed by atoms with Crippen LogP contribution in [0.4, 0.5) is 20.6 Å². The number of amides is 5. The lowest BCUT2D eigenvalue weighted by Gasteiger charge is -2.15. The number of anilines is 2. The minimum absolute atomic E-state index is 0.0104. The van der Waals surface area contributed by atoms with Crippen molar-refractivity contribution in [1.82, 2.24) is 10.2 Å². The van der Waals surface area contributed by atoms with E-state index >= 15 is 0 Å². The summed E-state index contributed by atoms with van der Waals surface area (Å²) < 4.78 is 25.1. The molecule has 5 amide bonds. The second-order valence-corrected chi connectivity index (χ2v) is 10.1. The number of nitrogens with zero attached hydrogens (tertiary/aromatic N) is 1. The van der Waals surface area contributed by atoms with Gasteiger partial charge in [0.05, 0.1) is 10.2 Å². The predicted octanol–water partition coefficient (Wildman–Crippen LogP) is 4.69. The molecule has 1 fully saturated rings. The summed E-state index contributed by atoms with van der Waals surface area (Å²) in [6.07, 6.45) is 1.47. The molecule has 3 N–H and O–H groups in total. The summed E-state index contributed by atoms with van der Waals surface area (Å²) in [5.74, 6) is -1.39. The van der Waals surface area contributed by atoms with Crippen LogP contribution < -0.4 is 25.4 Å². The Morgan fingerprint density at radius 3 is 2.27 bits per heavy atom. The standard InChI is InChI=1S/C29H26FIN4O6/c1-3-40-24-14-18(12-22(31)27(24)41-16-26(37)33-21-10-6-19(30)7-11-21)13-23-28(38)35(29(39)34-23)15-25(36)32-20-8-4-17(2)5-9-20/h4-14H,3,15-16H2,1-2H3,(H,32,36)(H,33,37)(H,34,39)/b23-13+. The Hall–Kier alpha value is -4.46. The Bertz CT molecular complexity index is 1510. The molecule has 0 spiro atoms. The zero-order valence-electron chi connectivity index (χ0n) is 22.1. The van der Waals surface area contributed by atoms with Crippen molar-refractivity contribution in [3.63, 3.8) is 0 Å². The maximum atomic E-state index is 13.1. The van der Waals surface area contributed by atoms with Gasteiger partial charge in [0.25, 0.3) is 11.8 Å². The van der Waals surface area contributed by atoms with E-state index in [1.54, 1.807) is 31.2 Å². The van der Waals surface area contributed by atoms with Crippen molar-refractivity contribution in [2.45, 2.75) is 13.8 Å². The lowest BCUT2D eigenvalue weighted by atomic mass is 10.1. The van der Waals surface area contributed by atoms with Crippen LogP contribution >= 0.6 is 22.6 Å². The Kier molecular flexibility index (Phi) is 9.55. The molecule has 0 aromatic heterocycles. The summed E-state index contributed by atoms with van der Waals surface area (Å²) >= 11 is 2.01. The van der Waals surface area contributed by atoms with Gasteiger partial charge < -0.3 is 25.4 Å². The minimum atomic E-state index is -0.716. The van der Waals surface area contributed by atoms with Gasteiger partial charge in [-0.3, -0.25) is 14.4 Å². The first-order valence-corrected chi connectivity index (χ1v) is 13.6. The number of hydrogen-bond donors (Lipinski definition) is 3. The molecular formula is C29H26FIN4O6. The Morgan fingerprint density at radius 1 is 0.976 bits per heavy atom. The largest absolute Gasteiger partial charge is 0.490 e. The lowest BCUT2D eigenvalue weighted by Crippen LogP contribution is -2.38. The van der Waals surface area contributed by atoms with E-state index in [-0.39, 0.29) is 12.3 Å². The van der Waals surface area contributed by atoms with Gasteiger partial charge in [0.1, 0.15) is 18.1 Å². The molecule has 0 radical (unpaired) electrons. The van der Waals surface area contributed by atoms with Gasteiger partial charge in [-0.15, -0.1) is 0 Å². The van der Waals surface area contributed by atoms with Crippen LogP contribution in [0, 0.1) is 16.3 Å². The molecule has 41 heavy (non-hydrogen) atoms. The number of nitrogens with one attached hydrogen (secondary N) is 3. The Labute approximate surface area is 249 Å². The Balaban J connectivity index is 1.44. The number of hydrogen-bond acceptors (Lipinski definition) is 6. The average molecular weight is 672 g/mol. The summed E-state index contributed by atoms with van der Waals surface area (Å²) in [5.41, 5.74) is 2.52. The van der Waals surface area contributed by atoms with Gasteiger partial charge in [-0.05, 0) is 96.6 Å². The quantitative estimate of drug-likeness (QED) is 0.163. The van der Waals surface area contributed by atoms with Crippen molar-refractivity contribution >= 4 is 63.8 Å². The number of rotatable bonds is 10. The van der Waals surface area contributed by atoms with Crippen LogP contribution in [0.15, 0.2) is 66.4 Å². The molecule has 0 saturated carbocycles. The minimum Gasteiger partial charge on any atom is -0.490 e. The normalized spacial score (nSPS) is 13.7. The number of ether oxygens (including phenoxy) is 2. The van der Waals surface area contributed by atoms with E-state index in [2.05, 4.69) is 16.0 Å². The van der Waals surface area contributed by atoms with Crippen molar-refractivity contribution in [1.29, 1.82) is 0 Å². The van der Waals surface area contributed by atoms with Gasteiger partial charge in [0.2, 0.25) is 5.91 Å². The molecule has 0 atom stereocenters. The van der Waals surface area contributed by atoms with Crippen molar-refractivity contribution in [2.75, 3.05) is 30.4 Å². The SMILES string of the molecule is CCOc1cc(/C=C2/NC(=O)N(CC(=O)Nc3ccc(C)cc3)C2=O)cc(I)c1OCC(=O)Nc1ccc(F)cc1. The third-order valence-electron chi connectivity index (χ3n) is 5.72. The third-order valence-corrected chi connectivity index (χ3v) is 6.52. The second-order valence-electron chi connectivity index (χ2n) is 8.90. The first kappa shape index (κ1) is 29.5. The molecule has 0 aliphatic carbocycles.